The van der Waals surface area contributed by atoms with E-state index in [0.29, 0.717) is 18.4 Å². The van der Waals surface area contributed by atoms with Gasteiger partial charge in [0.1, 0.15) is 6.61 Å². The molecule has 0 amide bonds. The van der Waals surface area contributed by atoms with Gasteiger partial charge in [0.25, 0.3) is 0 Å². The Morgan fingerprint density at radius 2 is 2.12 bits per heavy atom. The van der Waals surface area contributed by atoms with E-state index in [4.69, 9.17) is 4.74 Å². The highest BCUT2D eigenvalue weighted by Gasteiger charge is 2.41. The summed E-state index contributed by atoms with van der Waals surface area (Å²) in [4.78, 5) is 11.7. The zero-order valence-corrected chi connectivity index (χ0v) is 10.9. The number of rotatable bonds is 0. The summed E-state index contributed by atoms with van der Waals surface area (Å²) in [6.07, 6.45) is 5.63. The molecule has 17 heavy (non-hydrogen) atoms. The van der Waals surface area contributed by atoms with Gasteiger partial charge in [0.05, 0.1) is 0 Å². The molecule has 0 saturated carbocycles. The van der Waals surface area contributed by atoms with E-state index >= 15 is 0 Å². The van der Waals surface area contributed by atoms with Gasteiger partial charge in [0, 0.05) is 11.1 Å². The predicted molar refractivity (Wildman–Crippen MR) is 66.4 cm³/mol. The van der Waals surface area contributed by atoms with Crippen molar-refractivity contribution in [2.75, 3.05) is 6.61 Å². The van der Waals surface area contributed by atoms with Crippen molar-refractivity contribution in [2.24, 2.45) is 17.3 Å². The van der Waals surface area contributed by atoms with Gasteiger partial charge in [0.15, 0.2) is 0 Å². The number of carbonyl (C=O) groups excluding carboxylic acids is 1. The third kappa shape index (κ3) is 1.65. The number of cyclic esters (lactones) is 1. The first-order valence-electron chi connectivity index (χ1n) is 6.60. The Hall–Kier alpha value is -1.05. The van der Waals surface area contributed by atoms with Crippen molar-refractivity contribution < 1.29 is 9.53 Å². The van der Waals surface area contributed by atoms with Crippen molar-refractivity contribution in [2.45, 2.75) is 40.0 Å². The lowest BCUT2D eigenvalue weighted by molar-refractivity contribution is -0.136. The van der Waals surface area contributed by atoms with E-state index in [0.717, 1.165) is 18.4 Å². The maximum Gasteiger partial charge on any atom is 0.334 e. The normalized spacial score (nSPS) is 35.0. The number of allylic oxidation sites excluding steroid dienone is 1. The van der Waals surface area contributed by atoms with Crippen molar-refractivity contribution in [1.82, 2.24) is 0 Å². The average Bonchev–Trinajstić information content (AvgIpc) is 2.72. The van der Waals surface area contributed by atoms with Crippen LogP contribution in [-0.2, 0) is 9.53 Å². The molecule has 2 nitrogen and oxygen atoms in total. The van der Waals surface area contributed by atoms with E-state index in [1.165, 1.54) is 17.6 Å². The molecule has 2 atom stereocenters. The van der Waals surface area contributed by atoms with E-state index in [-0.39, 0.29) is 11.4 Å². The lowest BCUT2D eigenvalue weighted by atomic mass is 9.81. The van der Waals surface area contributed by atoms with E-state index in [1.54, 1.807) is 0 Å². The molecule has 0 saturated heterocycles. The molecule has 0 aromatic carbocycles. The second-order valence-corrected chi connectivity index (χ2v) is 6.45. The SMILES string of the molecule is C[C@@H]1CCC2=C(COC2=O)C2=CC(C)(C)C[C@@H]21. The molecule has 0 fully saturated rings. The molecular formula is C15H20O2. The third-order valence-electron chi connectivity index (χ3n) is 4.54. The summed E-state index contributed by atoms with van der Waals surface area (Å²) in [7, 11) is 0. The van der Waals surface area contributed by atoms with Crippen LogP contribution in [0.2, 0.25) is 0 Å². The molecule has 92 valence electrons. The van der Waals surface area contributed by atoms with Gasteiger partial charge in [-0.05, 0) is 42.1 Å². The number of hydrogen-bond donors (Lipinski definition) is 0. The average molecular weight is 232 g/mol. The molecule has 0 radical (unpaired) electrons. The van der Waals surface area contributed by atoms with Gasteiger partial charge >= 0.3 is 5.97 Å². The maximum atomic E-state index is 11.7. The van der Waals surface area contributed by atoms with E-state index in [2.05, 4.69) is 26.8 Å². The third-order valence-corrected chi connectivity index (χ3v) is 4.54. The number of carbonyl (C=O) groups is 1. The Kier molecular flexibility index (Phi) is 2.26. The monoisotopic (exact) mass is 232 g/mol. The standard InChI is InChI=1S/C15H20O2/c1-9-4-5-10-13(8-17-14(10)16)12-7-15(2,3)6-11(9)12/h7,9,11H,4-6,8H2,1-3H3/t9-,11-/m1/s1. The van der Waals surface area contributed by atoms with Gasteiger partial charge < -0.3 is 4.74 Å². The van der Waals surface area contributed by atoms with E-state index in [9.17, 15) is 4.79 Å². The van der Waals surface area contributed by atoms with Crippen molar-refractivity contribution in [3.8, 4) is 0 Å². The van der Waals surface area contributed by atoms with Crippen LogP contribution in [0.15, 0.2) is 22.8 Å². The first-order chi connectivity index (χ1) is 7.98. The van der Waals surface area contributed by atoms with Crippen LogP contribution in [-0.4, -0.2) is 12.6 Å². The second-order valence-electron chi connectivity index (χ2n) is 6.45. The highest BCUT2D eigenvalue weighted by atomic mass is 16.5. The summed E-state index contributed by atoms with van der Waals surface area (Å²) in [5, 5.41) is 0. The Balaban J connectivity index is 2.08. The smallest absolute Gasteiger partial charge is 0.334 e. The van der Waals surface area contributed by atoms with E-state index in [1.807, 2.05) is 0 Å². The van der Waals surface area contributed by atoms with Crippen LogP contribution in [0.5, 0.6) is 0 Å². The maximum absolute atomic E-state index is 11.7. The van der Waals surface area contributed by atoms with Gasteiger partial charge in [-0.2, -0.15) is 0 Å². The van der Waals surface area contributed by atoms with Crippen LogP contribution < -0.4 is 0 Å². The summed E-state index contributed by atoms with van der Waals surface area (Å²) in [6, 6.07) is 0. The molecule has 0 spiro atoms. The zero-order chi connectivity index (χ0) is 12.2. The predicted octanol–water partition coefficient (Wildman–Crippen LogP) is 3.24. The summed E-state index contributed by atoms with van der Waals surface area (Å²) in [5.74, 6) is 1.24. The fourth-order valence-electron chi connectivity index (χ4n) is 3.60. The Labute approximate surface area is 103 Å². The summed E-state index contributed by atoms with van der Waals surface area (Å²) >= 11 is 0. The van der Waals surface area contributed by atoms with Crippen LogP contribution in [0.4, 0.5) is 0 Å². The molecule has 1 aliphatic heterocycles. The van der Waals surface area contributed by atoms with Crippen LogP contribution in [0.25, 0.3) is 0 Å². The lowest BCUT2D eigenvalue weighted by Crippen LogP contribution is -2.15. The number of ether oxygens (including phenoxy) is 1. The summed E-state index contributed by atoms with van der Waals surface area (Å²) < 4.78 is 5.21. The number of fused-ring (bicyclic) bond motifs is 2. The molecule has 2 heteroatoms. The van der Waals surface area contributed by atoms with Gasteiger partial charge in [-0.15, -0.1) is 0 Å². The Morgan fingerprint density at radius 1 is 1.35 bits per heavy atom. The van der Waals surface area contributed by atoms with Crippen LogP contribution in [0, 0.1) is 17.3 Å². The first kappa shape index (κ1) is 11.1. The Bertz CT molecular complexity index is 440. The van der Waals surface area contributed by atoms with Crippen LogP contribution in [0.1, 0.15) is 40.0 Å². The van der Waals surface area contributed by atoms with Crippen molar-refractivity contribution in [1.29, 1.82) is 0 Å². The molecule has 2 aliphatic carbocycles. The minimum Gasteiger partial charge on any atom is -0.457 e. The molecule has 0 N–H and O–H groups in total. The van der Waals surface area contributed by atoms with Crippen molar-refractivity contribution in [3.63, 3.8) is 0 Å². The molecule has 1 heterocycles. The Morgan fingerprint density at radius 3 is 2.88 bits per heavy atom. The quantitative estimate of drug-likeness (QED) is 0.599. The van der Waals surface area contributed by atoms with Crippen LogP contribution >= 0.6 is 0 Å². The van der Waals surface area contributed by atoms with Gasteiger partial charge in [0.2, 0.25) is 0 Å². The number of esters is 1. The molecule has 3 aliphatic rings. The fourth-order valence-corrected chi connectivity index (χ4v) is 3.60. The van der Waals surface area contributed by atoms with Gasteiger partial charge in [-0.3, -0.25) is 0 Å². The molecular weight excluding hydrogens is 212 g/mol. The molecule has 0 unspecified atom stereocenters. The second kappa shape index (κ2) is 3.47. The zero-order valence-electron chi connectivity index (χ0n) is 10.9. The van der Waals surface area contributed by atoms with Crippen molar-refractivity contribution >= 4 is 5.97 Å². The minimum absolute atomic E-state index is 0.0709. The topological polar surface area (TPSA) is 26.3 Å². The lowest BCUT2D eigenvalue weighted by Gasteiger charge is -2.23. The molecule has 0 bridgehead atoms. The largest absolute Gasteiger partial charge is 0.457 e. The van der Waals surface area contributed by atoms with Crippen LogP contribution in [0.3, 0.4) is 0 Å². The fraction of sp³-hybridized carbons (Fsp3) is 0.667. The molecule has 3 rings (SSSR count). The highest BCUT2D eigenvalue weighted by molar-refractivity contribution is 5.93. The van der Waals surface area contributed by atoms with Gasteiger partial charge in [-0.25, -0.2) is 4.79 Å². The molecule has 0 aromatic heterocycles. The minimum atomic E-state index is -0.0709. The highest BCUT2D eigenvalue weighted by Crippen LogP contribution is 2.50. The summed E-state index contributed by atoms with van der Waals surface area (Å²) in [5.41, 5.74) is 3.87. The van der Waals surface area contributed by atoms with E-state index < -0.39 is 0 Å². The summed E-state index contributed by atoms with van der Waals surface area (Å²) in [6.45, 7) is 7.42. The van der Waals surface area contributed by atoms with Gasteiger partial charge in [-0.1, -0.05) is 26.8 Å². The van der Waals surface area contributed by atoms with Crippen molar-refractivity contribution in [3.05, 3.63) is 22.8 Å². The first-order valence-corrected chi connectivity index (χ1v) is 6.60. The molecule has 0 aromatic rings. The number of hydrogen-bond acceptors (Lipinski definition) is 2.